The van der Waals surface area contributed by atoms with Crippen LogP contribution in [0.1, 0.15) is 41.6 Å². The smallest absolute Gasteiger partial charge is 0.348 e. The van der Waals surface area contributed by atoms with Crippen LogP contribution in [0.4, 0.5) is 0 Å². The SMILES string of the molecule is CCOC(=O)c1sc2c(c1C)c(=O)n(C(C)(C)C(=O)N1CCOCC1)c(=O)n2CCc1ccccc1OC. The van der Waals surface area contributed by atoms with E-state index in [0.717, 1.165) is 21.5 Å². The summed E-state index contributed by atoms with van der Waals surface area (Å²) in [5, 5.41) is 0.237. The maximum Gasteiger partial charge on any atom is 0.348 e. The Labute approximate surface area is 224 Å². The number of rotatable bonds is 8. The first-order valence-electron chi connectivity index (χ1n) is 12.6. The molecule has 38 heavy (non-hydrogen) atoms. The summed E-state index contributed by atoms with van der Waals surface area (Å²) < 4.78 is 18.6. The topological polar surface area (TPSA) is 109 Å². The molecule has 204 valence electrons. The lowest BCUT2D eigenvalue weighted by molar-refractivity contribution is -0.143. The van der Waals surface area contributed by atoms with Crippen molar-refractivity contribution in [2.45, 2.75) is 46.2 Å². The molecule has 1 aromatic carbocycles. The number of aryl methyl sites for hydroxylation is 3. The Morgan fingerprint density at radius 3 is 2.47 bits per heavy atom. The molecule has 0 bridgehead atoms. The van der Waals surface area contributed by atoms with Gasteiger partial charge in [-0.3, -0.25) is 14.2 Å². The minimum atomic E-state index is -1.47. The van der Waals surface area contributed by atoms with E-state index in [2.05, 4.69) is 0 Å². The molecule has 0 atom stereocenters. The zero-order chi connectivity index (χ0) is 27.6. The predicted molar refractivity (Wildman–Crippen MR) is 144 cm³/mol. The van der Waals surface area contributed by atoms with E-state index in [1.165, 1.54) is 4.57 Å². The van der Waals surface area contributed by atoms with Crippen LogP contribution >= 0.6 is 11.3 Å². The molecule has 1 amide bonds. The van der Waals surface area contributed by atoms with Gasteiger partial charge < -0.3 is 19.1 Å². The minimum Gasteiger partial charge on any atom is -0.496 e. The van der Waals surface area contributed by atoms with E-state index in [0.29, 0.717) is 48.9 Å². The Bertz CT molecular complexity index is 1480. The number of morpholine rings is 1. The third-order valence-corrected chi connectivity index (χ3v) is 8.15. The van der Waals surface area contributed by atoms with Crippen LogP contribution in [-0.4, -0.2) is 65.9 Å². The summed E-state index contributed by atoms with van der Waals surface area (Å²) in [6, 6.07) is 7.50. The van der Waals surface area contributed by atoms with E-state index in [9.17, 15) is 19.2 Å². The molecule has 4 rings (SSSR count). The Kier molecular flexibility index (Phi) is 8.08. The van der Waals surface area contributed by atoms with Crippen LogP contribution in [0.15, 0.2) is 33.9 Å². The highest BCUT2D eigenvalue weighted by Crippen LogP contribution is 2.30. The second kappa shape index (κ2) is 11.1. The molecule has 0 spiro atoms. The summed E-state index contributed by atoms with van der Waals surface area (Å²) >= 11 is 1.06. The Balaban J connectivity index is 1.92. The van der Waals surface area contributed by atoms with Gasteiger partial charge in [0.25, 0.3) is 5.56 Å². The summed E-state index contributed by atoms with van der Waals surface area (Å²) in [6.45, 7) is 8.47. The lowest BCUT2D eigenvalue weighted by atomic mass is 10.0. The van der Waals surface area contributed by atoms with Gasteiger partial charge in [-0.25, -0.2) is 14.2 Å². The van der Waals surface area contributed by atoms with Gasteiger partial charge in [-0.15, -0.1) is 11.3 Å². The Morgan fingerprint density at radius 2 is 1.82 bits per heavy atom. The Morgan fingerprint density at radius 1 is 1.13 bits per heavy atom. The highest BCUT2D eigenvalue weighted by atomic mass is 32.1. The van der Waals surface area contributed by atoms with Gasteiger partial charge >= 0.3 is 11.7 Å². The summed E-state index contributed by atoms with van der Waals surface area (Å²) in [4.78, 5) is 56.5. The second-order valence-corrected chi connectivity index (χ2v) is 10.6. The number of amides is 1. The van der Waals surface area contributed by atoms with Crippen LogP contribution in [0.5, 0.6) is 5.75 Å². The largest absolute Gasteiger partial charge is 0.496 e. The summed E-state index contributed by atoms with van der Waals surface area (Å²) in [5.74, 6) is -0.207. The zero-order valence-electron chi connectivity index (χ0n) is 22.4. The number of benzene rings is 1. The van der Waals surface area contributed by atoms with Crippen molar-refractivity contribution in [1.82, 2.24) is 14.0 Å². The van der Waals surface area contributed by atoms with Crippen LogP contribution in [0, 0.1) is 6.92 Å². The number of thiophene rings is 1. The van der Waals surface area contributed by atoms with Crippen molar-refractivity contribution in [2.75, 3.05) is 40.0 Å². The van der Waals surface area contributed by atoms with Gasteiger partial charge in [0.05, 0.1) is 32.3 Å². The number of aromatic nitrogens is 2. The van der Waals surface area contributed by atoms with Gasteiger partial charge in [0.15, 0.2) is 0 Å². The summed E-state index contributed by atoms with van der Waals surface area (Å²) in [5.41, 5.74) is -1.36. The second-order valence-electron chi connectivity index (χ2n) is 9.56. The molecule has 0 unspecified atom stereocenters. The number of para-hydroxylation sites is 1. The molecule has 0 N–H and O–H groups in total. The molecule has 11 heteroatoms. The molecule has 1 fully saturated rings. The van der Waals surface area contributed by atoms with E-state index in [1.807, 2.05) is 24.3 Å². The number of ether oxygens (including phenoxy) is 3. The highest BCUT2D eigenvalue weighted by Gasteiger charge is 2.39. The molecule has 1 saturated heterocycles. The maximum atomic E-state index is 14.0. The third-order valence-electron chi connectivity index (χ3n) is 6.85. The van der Waals surface area contributed by atoms with Crippen molar-refractivity contribution in [3.8, 4) is 5.75 Å². The normalized spacial score (nSPS) is 14.1. The quantitative estimate of drug-likeness (QED) is 0.402. The first kappa shape index (κ1) is 27.6. The number of fused-ring (bicyclic) bond motifs is 1. The first-order chi connectivity index (χ1) is 18.1. The first-order valence-corrected chi connectivity index (χ1v) is 13.4. The van der Waals surface area contributed by atoms with E-state index in [4.69, 9.17) is 14.2 Å². The lowest BCUT2D eigenvalue weighted by Gasteiger charge is -2.35. The fourth-order valence-electron chi connectivity index (χ4n) is 4.82. The molecule has 0 aliphatic carbocycles. The lowest BCUT2D eigenvalue weighted by Crippen LogP contribution is -2.58. The van der Waals surface area contributed by atoms with Crippen LogP contribution in [0.3, 0.4) is 0 Å². The van der Waals surface area contributed by atoms with Crippen molar-refractivity contribution >= 4 is 33.4 Å². The number of carbonyl (C=O) groups excluding carboxylic acids is 2. The van der Waals surface area contributed by atoms with Crippen LogP contribution in [0.2, 0.25) is 0 Å². The molecular formula is C27H33N3O7S. The number of carbonyl (C=O) groups is 2. The average Bonchev–Trinajstić information content (AvgIpc) is 3.26. The minimum absolute atomic E-state index is 0.179. The molecular weight excluding hydrogens is 510 g/mol. The number of nitrogens with zero attached hydrogens (tertiary/aromatic N) is 3. The molecule has 2 aromatic heterocycles. The summed E-state index contributed by atoms with van der Waals surface area (Å²) in [7, 11) is 1.58. The molecule has 0 radical (unpaired) electrons. The maximum absolute atomic E-state index is 14.0. The molecule has 10 nitrogen and oxygen atoms in total. The Hall–Kier alpha value is -3.44. The number of methoxy groups -OCH3 is 1. The fraction of sp³-hybridized carbons (Fsp3) is 0.481. The van der Waals surface area contributed by atoms with Crippen molar-refractivity contribution in [3.05, 3.63) is 61.1 Å². The fourth-order valence-corrected chi connectivity index (χ4v) is 6.03. The van der Waals surface area contributed by atoms with Gasteiger partial charge in [0.1, 0.15) is 21.0 Å². The van der Waals surface area contributed by atoms with Crippen molar-refractivity contribution < 1.29 is 23.8 Å². The molecule has 1 aliphatic rings. The van der Waals surface area contributed by atoms with Crippen molar-refractivity contribution in [3.63, 3.8) is 0 Å². The van der Waals surface area contributed by atoms with Gasteiger partial charge in [-0.2, -0.15) is 0 Å². The van der Waals surface area contributed by atoms with Crippen molar-refractivity contribution in [1.29, 1.82) is 0 Å². The van der Waals surface area contributed by atoms with E-state index < -0.39 is 22.8 Å². The summed E-state index contributed by atoms with van der Waals surface area (Å²) in [6.07, 6.45) is 0.431. The zero-order valence-corrected chi connectivity index (χ0v) is 23.2. The van der Waals surface area contributed by atoms with Crippen LogP contribution in [-0.2, 0) is 32.8 Å². The predicted octanol–water partition coefficient (Wildman–Crippen LogP) is 2.56. The average molecular weight is 544 g/mol. The number of hydrogen-bond acceptors (Lipinski definition) is 8. The van der Waals surface area contributed by atoms with Gasteiger partial charge in [-0.1, -0.05) is 18.2 Å². The number of esters is 1. The highest BCUT2D eigenvalue weighted by molar-refractivity contribution is 7.20. The van der Waals surface area contributed by atoms with Gasteiger partial charge in [0, 0.05) is 19.6 Å². The van der Waals surface area contributed by atoms with Crippen molar-refractivity contribution in [2.24, 2.45) is 0 Å². The monoisotopic (exact) mass is 543 g/mol. The number of hydrogen-bond donors (Lipinski definition) is 0. The molecule has 3 aromatic rings. The van der Waals surface area contributed by atoms with E-state index >= 15 is 0 Å². The standard InChI is InChI=1S/C27H33N3O7S/c1-6-37-24(32)21-17(2)20-22(31)30(27(3,4)25(33)28-13-15-36-16-14-28)26(34)29(23(20)38-21)12-11-18-9-7-8-10-19(18)35-5/h7-10H,6,11-16H2,1-5H3. The van der Waals surface area contributed by atoms with Gasteiger partial charge in [-0.05, 0) is 51.3 Å². The van der Waals surface area contributed by atoms with E-state index in [-0.39, 0.29) is 29.3 Å². The van der Waals surface area contributed by atoms with Gasteiger partial charge in [0.2, 0.25) is 5.91 Å². The molecule has 0 saturated carbocycles. The third kappa shape index (κ3) is 4.88. The van der Waals surface area contributed by atoms with Crippen LogP contribution < -0.4 is 16.0 Å². The molecule has 1 aliphatic heterocycles. The van der Waals surface area contributed by atoms with E-state index in [1.54, 1.807) is 39.7 Å². The molecule has 3 heterocycles. The van der Waals surface area contributed by atoms with Crippen LogP contribution in [0.25, 0.3) is 10.2 Å².